The Balaban J connectivity index is 1.30. The lowest BCUT2D eigenvalue weighted by Crippen LogP contribution is -2.57. The van der Waals surface area contributed by atoms with Crippen LogP contribution in [0.4, 0.5) is 5.69 Å². The van der Waals surface area contributed by atoms with Gasteiger partial charge in [-0.25, -0.2) is 9.67 Å². The third-order valence-electron chi connectivity index (χ3n) is 8.04. The maximum atomic E-state index is 13.0. The summed E-state index contributed by atoms with van der Waals surface area (Å²) in [7, 11) is 1.83. The molecule has 0 N–H and O–H groups in total. The minimum atomic E-state index is -0.0565. The molecule has 1 aromatic carbocycles. The molecule has 8 nitrogen and oxygen atoms in total. The lowest BCUT2D eigenvalue weighted by Gasteiger charge is -2.47. The molecule has 2 aliphatic rings. The molecule has 2 unspecified atom stereocenters. The molecule has 0 radical (unpaired) electrons. The zero-order valence-electron chi connectivity index (χ0n) is 21.4. The number of ether oxygens (including phenoxy) is 1. The number of thiazole rings is 1. The largest absolute Gasteiger partial charge is 0.364 e. The van der Waals surface area contributed by atoms with Gasteiger partial charge in [0.2, 0.25) is 0 Å². The number of hydrogen-bond donors (Lipinski definition) is 0. The van der Waals surface area contributed by atoms with E-state index in [1.54, 1.807) is 22.0 Å². The number of piperazine rings is 1. The number of hydrogen-bond acceptors (Lipinski definition) is 7. The Labute approximate surface area is 215 Å². The van der Waals surface area contributed by atoms with E-state index < -0.39 is 0 Å². The molecule has 4 atom stereocenters. The average molecular weight is 507 g/mol. The van der Waals surface area contributed by atoms with Gasteiger partial charge in [-0.15, -0.1) is 11.3 Å². The summed E-state index contributed by atoms with van der Waals surface area (Å²) in [6.07, 6.45) is 5.11. The zero-order chi connectivity index (χ0) is 25.0. The maximum absolute atomic E-state index is 13.0. The maximum Gasteiger partial charge on any atom is 0.252 e. The summed E-state index contributed by atoms with van der Waals surface area (Å²) in [6, 6.07) is 9.24. The van der Waals surface area contributed by atoms with E-state index in [-0.39, 0.29) is 17.8 Å². The summed E-state index contributed by atoms with van der Waals surface area (Å²) < 4.78 is 10.8. The second-order valence-electron chi connectivity index (χ2n) is 10.4. The van der Waals surface area contributed by atoms with Gasteiger partial charge in [0.25, 0.3) is 5.56 Å². The summed E-state index contributed by atoms with van der Waals surface area (Å²) in [4.78, 5) is 22.4. The summed E-state index contributed by atoms with van der Waals surface area (Å²) >= 11 is 1.69. The molecule has 2 saturated heterocycles. The van der Waals surface area contributed by atoms with Crippen LogP contribution < -0.4 is 10.5 Å². The van der Waals surface area contributed by atoms with Crippen molar-refractivity contribution in [1.29, 1.82) is 0 Å². The number of nitrogens with zero attached hydrogens (tertiary/aromatic N) is 6. The molecule has 36 heavy (non-hydrogen) atoms. The van der Waals surface area contributed by atoms with E-state index in [0.29, 0.717) is 12.1 Å². The highest BCUT2D eigenvalue weighted by molar-refractivity contribution is 7.16. The first-order valence-corrected chi connectivity index (χ1v) is 13.8. The van der Waals surface area contributed by atoms with Crippen molar-refractivity contribution in [2.24, 2.45) is 7.05 Å². The van der Waals surface area contributed by atoms with Gasteiger partial charge in [-0.05, 0) is 57.7 Å². The molecule has 4 aromatic rings. The Bertz CT molecular complexity index is 1450. The normalized spacial score (nSPS) is 24.6. The Morgan fingerprint density at radius 1 is 1.14 bits per heavy atom. The number of rotatable bonds is 4. The molecule has 6 rings (SSSR count). The highest BCUT2D eigenvalue weighted by Gasteiger charge is 2.34. The Hall–Kier alpha value is -2.75. The molecule has 2 fully saturated rings. The predicted molar refractivity (Wildman–Crippen MR) is 145 cm³/mol. The minimum absolute atomic E-state index is 0.00452. The highest BCUT2D eigenvalue weighted by atomic mass is 32.1. The molecule has 0 bridgehead atoms. The molecule has 2 aliphatic heterocycles. The van der Waals surface area contributed by atoms with Crippen LogP contribution in [-0.2, 0) is 11.8 Å². The second kappa shape index (κ2) is 9.28. The number of aryl methyl sites for hydroxylation is 1. The molecule has 190 valence electrons. The molecule has 0 spiro atoms. The van der Waals surface area contributed by atoms with Crippen LogP contribution in [0.25, 0.3) is 21.3 Å². The van der Waals surface area contributed by atoms with Gasteiger partial charge in [-0.3, -0.25) is 9.69 Å². The van der Waals surface area contributed by atoms with Crippen LogP contribution in [0, 0.1) is 0 Å². The van der Waals surface area contributed by atoms with E-state index in [0.717, 1.165) is 61.2 Å². The van der Waals surface area contributed by atoms with Gasteiger partial charge < -0.3 is 14.2 Å². The molecule has 0 amide bonds. The van der Waals surface area contributed by atoms with Crippen molar-refractivity contribution in [2.75, 3.05) is 24.6 Å². The van der Waals surface area contributed by atoms with E-state index in [1.807, 2.05) is 23.4 Å². The van der Waals surface area contributed by atoms with Gasteiger partial charge in [0.1, 0.15) is 11.7 Å². The van der Waals surface area contributed by atoms with Crippen LogP contribution in [0.2, 0.25) is 0 Å². The van der Waals surface area contributed by atoms with Crippen molar-refractivity contribution >= 4 is 38.3 Å². The summed E-state index contributed by atoms with van der Waals surface area (Å²) in [5.74, 6) is 0. The standard InChI is InChI=1S/C27H34N6O2S/c1-17-14-32(18(2)13-31(17)19(3)20-8-9-21-24(11-20)36-16-28-21)22-12-25(34)30(4)23-15-33(29-27(22)23)26-7-5-6-10-35-26/h8-9,11-12,15-19,26H,5-7,10,13-14H2,1-4H3/t17-,18+,19?,26?/m1/s1. The molecule has 3 aromatic heterocycles. The fourth-order valence-corrected chi connectivity index (χ4v) is 6.59. The van der Waals surface area contributed by atoms with Gasteiger partial charge in [-0.2, -0.15) is 5.10 Å². The van der Waals surface area contributed by atoms with Crippen molar-refractivity contribution in [3.63, 3.8) is 0 Å². The van der Waals surface area contributed by atoms with Crippen LogP contribution in [0.5, 0.6) is 0 Å². The smallest absolute Gasteiger partial charge is 0.252 e. The third kappa shape index (κ3) is 4.03. The molecule has 9 heteroatoms. The van der Waals surface area contributed by atoms with Crippen LogP contribution in [0.15, 0.2) is 40.8 Å². The first kappa shape index (κ1) is 23.6. The Morgan fingerprint density at radius 2 is 2.00 bits per heavy atom. The Morgan fingerprint density at radius 3 is 2.81 bits per heavy atom. The van der Waals surface area contributed by atoms with E-state index in [9.17, 15) is 4.79 Å². The number of pyridine rings is 1. The average Bonchev–Trinajstić information content (AvgIpc) is 3.55. The van der Waals surface area contributed by atoms with Crippen molar-refractivity contribution in [3.05, 3.63) is 51.9 Å². The van der Waals surface area contributed by atoms with Gasteiger partial charge in [-0.1, -0.05) is 6.07 Å². The number of anilines is 1. The van der Waals surface area contributed by atoms with Gasteiger partial charge in [0, 0.05) is 50.9 Å². The summed E-state index contributed by atoms with van der Waals surface area (Å²) in [6.45, 7) is 9.34. The van der Waals surface area contributed by atoms with E-state index in [4.69, 9.17) is 9.84 Å². The lowest BCUT2D eigenvalue weighted by molar-refractivity contribution is -0.0390. The van der Waals surface area contributed by atoms with Crippen molar-refractivity contribution in [3.8, 4) is 0 Å². The zero-order valence-corrected chi connectivity index (χ0v) is 22.2. The third-order valence-corrected chi connectivity index (χ3v) is 8.83. The van der Waals surface area contributed by atoms with Crippen molar-refractivity contribution in [2.45, 2.75) is 64.4 Å². The Kier molecular flexibility index (Phi) is 6.09. The molecule has 5 heterocycles. The van der Waals surface area contributed by atoms with E-state index >= 15 is 0 Å². The SMILES string of the molecule is CC(c1ccc2ncsc2c1)N1C[C@H](C)N(c2cc(=O)n(C)c3cn(C4CCCCO4)nc23)C[C@H]1C. The highest BCUT2D eigenvalue weighted by Crippen LogP contribution is 2.34. The number of aromatic nitrogens is 4. The van der Waals surface area contributed by atoms with Crippen LogP contribution in [0.3, 0.4) is 0 Å². The first-order chi connectivity index (χ1) is 17.4. The van der Waals surface area contributed by atoms with Gasteiger partial charge in [0.15, 0.2) is 0 Å². The van der Waals surface area contributed by atoms with Crippen molar-refractivity contribution < 1.29 is 4.74 Å². The molecular formula is C27H34N6O2S. The second-order valence-corrected chi connectivity index (χ2v) is 11.3. The summed E-state index contributed by atoms with van der Waals surface area (Å²) in [5, 5.41) is 4.97. The van der Waals surface area contributed by atoms with Crippen molar-refractivity contribution in [1.82, 2.24) is 24.2 Å². The lowest BCUT2D eigenvalue weighted by atomic mass is 10.00. The monoisotopic (exact) mass is 506 g/mol. The van der Waals surface area contributed by atoms with Crippen LogP contribution in [0.1, 0.15) is 57.9 Å². The fourth-order valence-electron chi connectivity index (χ4n) is 5.86. The van der Waals surface area contributed by atoms with Gasteiger partial charge >= 0.3 is 0 Å². The minimum Gasteiger partial charge on any atom is -0.364 e. The van der Waals surface area contributed by atoms with E-state index in [1.165, 1.54) is 10.3 Å². The number of fused-ring (bicyclic) bond motifs is 2. The fraction of sp³-hybridized carbons (Fsp3) is 0.519. The van der Waals surface area contributed by atoms with Crippen LogP contribution in [-0.4, -0.2) is 56.0 Å². The van der Waals surface area contributed by atoms with E-state index in [2.05, 4.69) is 53.8 Å². The molecule has 0 aliphatic carbocycles. The first-order valence-electron chi connectivity index (χ1n) is 13.0. The predicted octanol–water partition coefficient (Wildman–Crippen LogP) is 4.70. The molecular weight excluding hydrogens is 472 g/mol. The van der Waals surface area contributed by atoms with Crippen LogP contribution >= 0.6 is 11.3 Å². The number of benzene rings is 1. The quantitative estimate of drug-likeness (QED) is 0.400. The molecule has 0 saturated carbocycles. The van der Waals surface area contributed by atoms with Gasteiger partial charge in [0.05, 0.1) is 33.1 Å². The summed E-state index contributed by atoms with van der Waals surface area (Å²) in [5.41, 5.74) is 6.96. The topological polar surface area (TPSA) is 68.4 Å².